The summed E-state index contributed by atoms with van der Waals surface area (Å²) in [6.07, 6.45) is 3.84. The molecule has 3 heterocycles. The largest absolute Gasteiger partial charge is 0.452 e. The summed E-state index contributed by atoms with van der Waals surface area (Å²) in [5.74, 6) is -0.287. The molecule has 4 saturated carbocycles. The number of hydrogen-bond acceptors (Lipinski definition) is 5. The lowest BCUT2D eigenvalue weighted by atomic mass is 9.40. The third-order valence-corrected chi connectivity index (χ3v) is 9.48. The topological polar surface area (TPSA) is 70.1 Å². The molecule has 2 saturated heterocycles. The minimum Gasteiger partial charge on any atom is -0.452 e. The van der Waals surface area contributed by atoms with Gasteiger partial charge in [-0.2, -0.15) is 0 Å². The number of nitrogens with zero attached hydrogens (tertiary/aromatic N) is 2. The van der Waals surface area contributed by atoms with Crippen LogP contribution >= 0.6 is 0 Å². The second-order valence-electron chi connectivity index (χ2n) is 9.87. The summed E-state index contributed by atoms with van der Waals surface area (Å²) in [7, 11) is 1.39. The second kappa shape index (κ2) is 4.31. The Kier molecular flexibility index (Phi) is 2.45. The summed E-state index contributed by atoms with van der Waals surface area (Å²) in [6.45, 7) is 1.71. The summed E-state index contributed by atoms with van der Waals surface area (Å²) in [6, 6.07) is 8.22. The van der Waals surface area contributed by atoms with Crippen LogP contribution in [0.15, 0.2) is 24.3 Å². The molecule has 6 atom stereocenters. The molecule has 146 valence electrons. The zero-order valence-corrected chi connectivity index (χ0v) is 16.0. The first-order valence-corrected chi connectivity index (χ1v) is 10.5. The van der Waals surface area contributed by atoms with Gasteiger partial charge in [0.1, 0.15) is 5.60 Å². The SMILES string of the molecule is COC(=O)N1c2ccccc2C23C4N5CCC[C@]46CC[C@]12C(O)(C6)C(=O)[C@@H]3C5. The fourth-order valence-electron chi connectivity index (χ4n) is 9.19. The van der Waals surface area contributed by atoms with Crippen molar-refractivity contribution in [2.45, 2.75) is 54.7 Å². The number of hydrogen-bond donors (Lipinski definition) is 1. The van der Waals surface area contributed by atoms with E-state index in [0.29, 0.717) is 19.4 Å². The van der Waals surface area contributed by atoms with Crippen molar-refractivity contribution in [2.24, 2.45) is 11.3 Å². The van der Waals surface area contributed by atoms with Gasteiger partial charge in [-0.15, -0.1) is 0 Å². The number of piperidine rings is 1. The van der Waals surface area contributed by atoms with E-state index in [2.05, 4.69) is 11.0 Å². The number of ether oxygens (including phenoxy) is 1. The minimum absolute atomic E-state index is 0.0328. The first kappa shape index (κ1) is 15.9. The van der Waals surface area contributed by atoms with E-state index in [1.165, 1.54) is 7.11 Å². The first-order chi connectivity index (χ1) is 13.5. The van der Waals surface area contributed by atoms with Crippen molar-refractivity contribution in [2.75, 3.05) is 25.1 Å². The molecule has 3 spiro atoms. The highest BCUT2D eigenvalue weighted by molar-refractivity contribution is 6.07. The number of methoxy groups -OCH3 is 1. The number of ketones is 1. The maximum Gasteiger partial charge on any atom is 0.414 e. The van der Waals surface area contributed by atoms with E-state index in [-0.39, 0.29) is 23.2 Å². The lowest BCUT2D eigenvalue weighted by molar-refractivity contribution is -0.194. The van der Waals surface area contributed by atoms with Gasteiger partial charge in [0, 0.05) is 18.5 Å². The van der Waals surface area contributed by atoms with Crippen molar-refractivity contribution in [3.8, 4) is 0 Å². The number of Topliss-reactive ketones (excluding diaryl/α,β-unsaturated/α-hetero) is 1. The molecule has 1 aromatic rings. The Labute approximate surface area is 163 Å². The van der Waals surface area contributed by atoms with Gasteiger partial charge in [-0.1, -0.05) is 18.2 Å². The van der Waals surface area contributed by atoms with Gasteiger partial charge in [0.05, 0.1) is 23.8 Å². The van der Waals surface area contributed by atoms with Gasteiger partial charge in [-0.05, 0) is 55.7 Å². The van der Waals surface area contributed by atoms with Crippen molar-refractivity contribution in [3.63, 3.8) is 0 Å². The molecule has 8 rings (SSSR count). The summed E-state index contributed by atoms with van der Waals surface area (Å²) < 4.78 is 5.22. The first-order valence-electron chi connectivity index (χ1n) is 10.5. The molecule has 1 aromatic carbocycles. The number of benzene rings is 1. The number of rotatable bonds is 0. The normalized spacial score (nSPS) is 49.4. The molecule has 0 radical (unpaired) electrons. The standard InChI is InChI=1S/C22H24N2O4/c1-28-18(26)24-15-6-3-2-5-13(15)22-14-11-23-10-4-7-19(17(22)23)8-9-21(22,24)20(27,12-19)16(14)25/h2-3,5-6,14,17,27H,4,7-12H2,1H3/t14-,17?,19+,20?,21+,22?/m0/s1. The van der Waals surface area contributed by atoms with Gasteiger partial charge in [-0.25, -0.2) is 4.79 Å². The van der Waals surface area contributed by atoms with E-state index in [0.717, 1.165) is 37.1 Å². The van der Waals surface area contributed by atoms with Gasteiger partial charge >= 0.3 is 6.09 Å². The van der Waals surface area contributed by atoms with Crippen LogP contribution in [0.1, 0.15) is 37.7 Å². The molecule has 28 heavy (non-hydrogen) atoms. The molecule has 3 unspecified atom stereocenters. The average Bonchev–Trinajstić information content (AvgIpc) is 3.23. The van der Waals surface area contributed by atoms with Crippen LogP contribution in [0.25, 0.3) is 0 Å². The number of aliphatic hydroxyl groups is 1. The molecule has 7 aliphatic rings. The monoisotopic (exact) mass is 380 g/mol. The molecular weight excluding hydrogens is 356 g/mol. The molecule has 6 fully saturated rings. The lowest BCUT2D eigenvalue weighted by Crippen LogP contribution is -2.82. The van der Waals surface area contributed by atoms with Crippen molar-refractivity contribution in [3.05, 3.63) is 29.8 Å². The number of amides is 1. The van der Waals surface area contributed by atoms with Gasteiger partial charge < -0.3 is 9.84 Å². The molecule has 3 aliphatic heterocycles. The molecule has 1 N–H and O–H groups in total. The minimum atomic E-state index is -1.48. The Morgan fingerprint density at radius 2 is 2.07 bits per heavy atom. The van der Waals surface area contributed by atoms with Crippen LogP contribution in [0, 0.1) is 11.3 Å². The zero-order valence-electron chi connectivity index (χ0n) is 16.0. The Morgan fingerprint density at radius 3 is 2.89 bits per heavy atom. The van der Waals surface area contributed by atoms with Crippen LogP contribution in [0.5, 0.6) is 0 Å². The average molecular weight is 380 g/mol. The lowest BCUT2D eigenvalue weighted by Gasteiger charge is -2.69. The smallest absolute Gasteiger partial charge is 0.414 e. The predicted octanol–water partition coefficient (Wildman–Crippen LogP) is 1.84. The quantitative estimate of drug-likeness (QED) is 0.744. The number of carbonyl (C=O) groups excluding carboxylic acids is 2. The third kappa shape index (κ3) is 1.16. The van der Waals surface area contributed by atoms with Gasteiger partial charge in [0.15, 0.2) is 5.78 Å². The van der Waals surface area contributed by atoms with Crippen LogP contribution < -0.4 is 4.90 Å². The van der Waals surface area contributed by atoms with Crippen LogP contribution in [0.3, 0.4) is 0 Å². The van der Waals surface area contributed by atoms with Crippen molar-refractivity contribution in [1.82, 2.24) is 4.90 Å². The summed E-state index contributed by atoms with van der Waals surface area (Å²) >= 11 is 0. The van der Waals surface area contributed by atoms with Gasteiger partial charge in [0.25, 0.3) is 0 Å². The highest BCUT2D eigenvalue weighted by Gasteiger charge is 2.93. The number of fused-ring (bicyclic) bond motifs is 2. The van der Waals surface area contributed by atoms with Gasteiger partial charge in [-0.3, -0.25) is 14.6 Å². The van der Waals surface area contributed by atoms with E-state index in [9.17, 15) is 14.7 Å². The molecular formula is C22H24N2O4. The molecule has 6 heteroatoms. The fourth-order valence-corrected chi connectivity index (χ4v) is 9.19. The van der Waals surface area contributed by atoms with E-state index < -0.39 is 22.6 Å². The predicted molar refractivity (Wildman–Crippen MR) is 100 cm³/mol. The Balaban J connectivity index is 1.65. The molecule has 0 aromatic heterocycles. The Morgan fingerprint density at radius 1 is 1.25 bits per heavy atom. The second-order valence-corrected chi connectivity index (χ2v) is 9.87. The summed E-state index contributed by atoms with van der Waals surface area (Å²) in [5, 5.41) is 12.1. The van der Waals surface area contributed by atoms with Crippen molar-refractivity contribution < 1.29 is 19.4 Å². The fraction of sp³-hybridized carbons (Fsp3) is 0.636. The van der Waals surface area contributed by atoms with E-state index in [1.807, 2.05) is 18.2 Å². The Hall–Kier alpha value is -1.92. The third-order valence-electron chi connectivity index (χ3n) is 9.48. The van der Waals surface area contributed by atoms with Crippen LogP contribution in [-0.4, -0.2) is 59.3 Å². The van der Waals surface area contributed by atoms with E-state index in [1.54, 1.807) is 4.90 Å². The van der Waals surface area contributed by atoms with E-state index >= 15 is 0 Å². The zero-order chi connectivity index (χ0) is 19.1. The van der Waals surface area contributed by atoms with Crippen molar-refractivity contribution >= 4 is 17.6 Å². The summed E-state index contributed by atoms with van der Waals surface area (Å²) in [4.78, 5) is 31.1. The molecule has 4 aliphatic carbocycles. The van der Waals surface area contributed by atoms with Crippen LogP contribution in [-0.2, 0) is 14.9 Å². The molecule has 4 bridgehead atoms. The van der Waals surface area contributed by atoms with E-state index in [4.69, 9.17) is 4.74 Å². The van der Waals surface area contributed by atoms with Gasteiger partial charge in [0.2, 0.25) is 0 Å². The maximum absolute atomic E-state index is 13.8. The highest BCUT2D eigenvalue weighted by Crippen LogP contribution is 2.81. The van der Waals surface area contributed by atoms with Crippen molar-refractivity contribution in [1.29, 1.82) is 0 Å². The molecule has 6 nitrogen and oxygen atoms in total. The number of para-hydroxylation sites is 1. The highest BCUT2D eigenvalue weighted by atomic mass is 16.5. The van der Waals surface area contributed by atoms with Crippen LogP contribution in [0.2, 0.25) is 0 Å². The van der Waals surface area contributed by atoms with Crippen LogP contribution in [0.4, 0.5) is 10.5 Å². The number of carbonyl (C=O) groups is 2. The maximum atomic E-state index is 13.8. The number of anilines is 1. The Bertz CT molecular complexity index is 979. The summed E-state index contributed by atoms with van der Waals surface area (Å²) in [5.41, 5.74) is -1.04. The molecule has 1 amide bonds.